The molecule has 1 amide bonds. The van der Waals surface area contributed by atoms with Crippen LogP contribution in [0.15, 0.2) is 0 Å². The lowest BCUT2D eigenvalue weighted by Gasteiger charge is -2.25. The summed E-state index contributed by atoms with van der Waals surface area (Å²) in [6.07, 6.45) is 5.62. The molecule has 0 aromatic heterocycles. The summed E-state index contributed by atoms with van der Waals surface area (Å²) in [5.41, 5.74) is 0. The normalized spacial score (nSPS) is 24.8. The smallest absolute Gasteiger partial charge is 0.237 e. The Morgan fingerprint density at radius 1 is 1.44 bits per heavy atom. The molecule has 0 spiro atoms. The third kappa shape index (κ3) is 4.52. The van der Waals surface area contributed by atoms with Gasteiger partial charge in [0.25, 0.3) is 0 Å². The van der Waals surface area contributed by atoms with E-state index >= 15 is 0 Å². The van der Waals surface area contributed by atoms with E-state index in [0.717, 1.165) is 19.4 Å². The molecule has 2 unspecified atom stereocenters. The Labute approximate surface area is 99.4 Å². The van der Waals surface area contributed by atoms with Gasteiger partial charge >= 0.3 is 0 Å². The number of nitrogens with one attached hydrogen (secondary N) is 2. The summed E-state index contributed by atoms with van der Waals surface area (Å²) in [5.74, 6) is 0.880. The van der Waals surface area contributed by atoms with Crippen molar-refractivity contribution in [3.8, 4) is 0 Å². The summed E-state index contributed by atoms with van der Waals surface area (Å²) < 4.78 is 0. The Morgan fingerprint density at radius 3 is 2.75 bits per heavy atom. The molecule has 1 saturated heterocycles. The lowest BCUT2D eigenvalue weighted by molar-refractivity contribution is -0.124. The molecule has 0 bridgehead atoms. The fraction of sp³-hybridized carbons (Fsp3) is 0.923. The molecule has 1 aliphatic heterocycles. The first kappa shape index (κ1) is 13.5. The molecule has 94 valence electrons. The van der Waals surface area contributed by atoms with Crippen molar-refractivity contribution in [1.29, 1.82) is 0 Å². The minimum Gasteiger partial charge on any atom is -0.352 e. The molecule has 1 heterocycles. The maximum atomic E-state index is 11.9. The molecule has 1 fully saturated rings. The fourth-order valence-electron chi connectivity index (χ4n) is 2.25. The first-order valence-corrected chi connectivity index (χ1v) is 6.67. The number of amides is 1. The maximum absolute atomic E-state index is 11.9. The lowest BCUT2D eigenvalue weighted by atomic mass is 9.99. The van der Waals surface area contributed by atoms with Gasteiger partial charge in [-0.3, -0.25) is 4.79 Å². The Bertz CT molecular complexity index is 212. The molecule has 0 radical (unpaired) electrons. The quantitative estimate of drug-likeness (QED) is 0.753. The Hall–Kier alpha value is -0.570. The van der Waals surface area contributed by atoms with Crippen LogP contribution in [0.25, 0.3) is 0 Å². The highest BCUT2D eigenvalue weighted by molar-refractivity contribution is 5.82. The van der Waals surface area contributed by atoms with Gasteiger partial charge in [0.2, 0.25) is 5.91 Å². The molecule has 0 aromatic rings. The van der Waals surface area contributed by atoms with Gasteiger partial charge in [-0.05, 0) is 38.6 Å². The molecule has 3 nitrogen and oxygen atoms in total. The predicted molar refractivity (Wildman–Crippen MR) is 67.3 cm³/mol. The van der Waals surface area contributed by atoms with Gasteiger partial charge in [0, 0.05) is 6.04 Å². The Kier molecular flexibility index (Phi) is 5.81. The van der Waals surface area contributed by atoms with E-state index in [1.807, 2.05) is 0 Å². The molecular formula is C13H26N2O. The summed E-state index contributed by atoms with van der Waals surface area (Å²) in [6.45, 7) is 7.52. The average Bonchev–Trinajstić information content (AvgIpc) is 2.29. The SMILES string of the molecule is CCC(C)CC(C)NC(=O)[C@H]1CCCCN1. The van der Waals surface area contributed by atoms with Crippen molar-refractivity contribution in [3.63, 3.8) is 0 Å². The molecule has 3 atom stereocenters. The molecule has 0 saturated carbocycles. The summed E-state index contributed by atoms with van der Waals surface area (Å²) >= 11 is 0. The van der Waals surface area contributed by atoms with Gasteiger partial charge in [-0.1, -0.05) is 26.7 Å². The first-order valence-electron chi connectivity index (χ1n) is 6.67. The van der Waals surface area contributed by atoms with E-state index in [-0.39, 0.29) is 11.9 Å². The van der Waals surface area contributed by atoms with E-state index in [1.165, 1.54) is 19.3 Å². The maximum Gasteiger partial charge on any atom is 0.237 e. The topological polar surface area (TPSA) is 41.1 Å². The summed E-state index contributed by atoms with van der Waals surface area (Å²) in [5, 5.41) is 6.39. The van der Waals surface area contributed by atoms with Crippen LogP contribution < -0.4 is 10.6 Å². The van der Waals surface area contributed by atoms with Gasteiger partial charge < -0.3 is 10.6 Å². The predicted octanol–water partition coefficient (Wildman–Crippen LogP) is 2.07. The zero-order valence-corrected chi connectivity index (χ0v) is 10.9. The van der Waals surface area contributed by atoms with E-state index in [2.05, 4.69) is 31.4 Å². The molecular weight excluding hydrogens is 200 g/mol. The number of rotatable bonds is 5. The molecule has 0 aromatic carbocycles. The van der Waals surface area contributed by atoms with Crippen molar-refractivity contribution in [2.45, 2.75) is 65.0 Å². The van der Waals surface area contributed by atoms with Gasteiger partial charge in [0.15, 0.2) is 0 Å². The second-order valence-electron chi connectivity index (χ2n) is 5.16. The van der Waals surface area contributed by atoms with E-state index in [9.17, 15) is 4.79 Å². The first-order chi connectivity index (χ1) is 7.63. The minimum atomic E-state index is 0.0492. The zero-order valence-electron chi connectivity index (χ0n) is 10.9. The van der Waals surface area contributed by atoms with Gasteiger partial charge in [0.05, 0.1) is 6.04 Å². The van der Waals surface area contributed by atoms with E-state index < -0.39 is 0 Å². The standard InChI is InChI=1S/C13H26N2O/c1-4-10(2)9-11(3)15-13(16)12-7-5-6-8-14-12/h10-12,14H,4-9H2,1-3H3,(H,15,16)/t10?,11?,12-/m1/s1. The largest absolute Gasteiger partial charge is 0.352 e. The van der Waals surface area contributed by atoms with Crippen LogP contribution in [0.3, 0.4) is 0 Å². The Morgan fingerprint density at radius 2 is 2.19 bits per heavy atom. The van der Waals surface area contributed by atoms with Crippen LogP contribution in [-0.2, 0) is 4.79 Å². The van der Waals surface area contributed by atoms with Crippen LogP contribution in [0.1, 0.15) is 52.9 Å². The summed E-state index contributed by atoms with van der Waals surface area (Å²) in [4.78, 5) is 11.9. The van der Waals surface area contributed by atoms with Crippen molar-refractivity contribution in [1.82, 2.24) is 10.6 Å². The van der Waals surface area contributed by atoms with E-state index in [0.29, 0.717) is 12.0 Å². The monoisotopic (exact) mass is 226 g/mol. The average molecular weight is 226 g/mol. The minimum absolute atomic E-state index is 0.0492. The van der Waals surface area contributed by atoms with Crippen molar-refractivity contribution in [2.24, 2.45) is 5.92 Å². The molecule has 2 N–H and O–H groups in total. The summed E-state index contributed by atoms with van der Waals surface area (Å²) in [6, 6.07) is 0.347. The molecule has 16 heavy (non-hydrogen) atoms. The highest BCUT2D eigenvalue weighted by Gasteiger charge is 2.21. The van der Waals surface area contributed by atoms with Crippen LogP contribution in [-0.4, -0.2) is 24.5 Å². The summed E-state index contributed by atoms with van der Waals surface area (Å²) in [7, 11) is 0. The van der Waals surface area contributed by atoms with Crippen molar-refractivity contribution in [3.05, 3.63) is 0 Å². The second kappa shape index (κ2) is 6.89. The Balaban J connectivity index is 2.26. The van der Waals surface area contributed by atoms with Crippen LogP contribution >= 0.6 is 0 Å². The molecule has 1 aliphatic rings. The van der Waals surface area contributed by atoms with Crippen LogP contribution in [0.2, 0.25) is 0 Å². The van der Waals surface area contributed by atoms with Crippen LogP contribution in [0, 0.1) is 5.92 Å². The number of hydrogen-bond acceptors (Lipinski definition) is 2. The van der Waals surface area contributed by atoms with Crippen molar-refractivity contribution < 1.29 is 4.79 Å². The van der Waals surface area contributed by atoms with Crippen molar-refractivity contribution in [2.75, 3.05) is 6.54 Å². The zero-order chi connectivity index (χ0) is 12.0. The molecule has 1 rings (SSSR count). The number of hydrogen-bond donors (Lipinski definition) is 2. The van der Waals surface area contributed by atoms with E-state index in [4.69, 9.17) is 0 Å². The van der Waals surface area contributed by atoms with Crippen molar-refractivity contribution >= 4 is 5.91 Å². The van der Waals surface area contributed by atoms with Gasteiger partial charge in [0.1, 0.15) is 0 Å². The number of carbonyl (C=O) groups excluding carboxylic acids is 1. The molecule has 0 aliphatic carbocycles. The fourth-order valence-corrected chi connectivity index (χ4v) is 2.25. The molecule has 3 heteroatoms. The van der Waals surface area contributed by atoms with E-state index in [1.54, 1.807) is 0 Å². The highest BCUT2D eigenvalue weighted by atomic mass is 16.2. The highest BCUT2D eigenvalue weighted by Crippen LogP contribution is 2.11. The van der Waals surface area contributed by atoms with Crippen LogP contribution in [0.4, 0.5) is 0 Å². The second-order valence-corrected chi connectivity index (χ2v) is 5.16. The van der Waals surface area contributed by atoms with Gasteiger partial charge in [-0.15, -0.1) is 0 Å². The van der Waals surface area contributed by atoms with Gasteiger partial charge in [-0.2, -0.15) is 0 Å². The number of piperidine rings is 1. The lowest BCUT2D eigenvalue weighted by Crippen LogP contribution is -2.49. The van der Waals surface area contributed by atoms with Gasteiger partial charge in [-0.25, -0.2) is 0 Å². The third-order valence-corrected chi connectivity index (χ3v) is 3.47. The number of carbonyl (C=O) groups is 1. The third-order valence-electron chi connectivity index (χ3n) is 3.47. The van der Waals surface area contributed by atoms with Crippen LogP contribution in [0.5, 0.6) is 0 Å².